The number of halogens is 1. The summed E-state index contributed by atoms with van der Waals surface area (Å²) in [4.78, 5) is 3.12. The number of alkyl halides is 1. The molecule has 0 spiro atoms. The highest BCUT2D eigenvalue weighted by Crippen LogP contribution is 2.46. The van der Waals surface area contributed by atoms with Gasteiger partial charge in [0, 0.05) is 11.4 Å². The molecule has 3 rings (SSSR count). The van der Waals surface area contributed by atoms with Crippen LogP contribution in [0, 0.1) is 0 Å². The summed E-state index contributed by atoms with van der Waals surface area (Å²) in [6.45, 7) is 2.18. The maximum Gasteiger partial charge on any atom is 0.0230 e. The predicted molar refractivity (Wildman–Crippen MR) is 97.6 cm³/mol. The molecule has 0 bridgehead atoms. The Morgan fingerprint density at radius 2 is 1.68 bits per heavy atom. The molecule has 2 aromatic rings. The minimum absolute atomic E-state index is 0.713. The molecule has 0 heterocycles. The fraction of sp³-hybridized carbons (Fsp3) is 0.400. The first-order chi connectivity index (χ1) is 10.7. The van der Waals surface area contributed by atoms with Crippen LogP contribution in [0.4, 0.5) is 0 Å². The lowest BCUT2D eigenvalue weighted by Gasteiger charge is -2.16. The third-order valence-electron chi connectivity index (χ3n) is 4.42. The van der Waals surface area contributed by atoms with E-state index in [-0.39, 0.29) is 0 Å². The first kappa shape index (κ1) is 15.8. The summed E-state index contributed by atoms with van der Waals surface area (Å²) < 4.78 is 0. The molecule has 0 saturated heterocycles. The number of hydrogen-bond acceptors (Lipinski definition) is 1. The molecule has 22 heavy (non-hydrogen) atoms. The highest BCUT2D eigenvalue weighted by Gasteiger charge is 2.35. The number of aryl methyl sites for hydroxylation is 1. The van der Waals surface area contributed by atoms with Gasteiger partial charge in [0.15, 0.2) is 0 Å². The quantitative estimate of drug-likeness (QED) is 0.630. The summed E-state index contributed by atoms with van der Waals surface area (Å²) in [5.74, 6) is 0.756. The van der Waals surface area contributed by atoms with Crippen LogP contribution in [-0.2, 0) is 13.0 Å². The van der Waals surface area contributed by atoms with E-state index in [1.54, 1.807) is 0 Å². The molecule has 1 aliphatic rings. The van der Waals surface area contributed by atoms with E-state index in [1.807, 2.05) is 0 Å². The minimum Gasteiger partial charge on any atom is -0.302 e. The molecule has 0 aliphatic heterocycles. The van der Waals surface area contributed by atoms with Gasteiger partial charge in [-0.15, -0.1) is 0 Å². The molecule has 0 aromatic heterocycles. The molecule has 1 saturated carbocycles. The van der Waals surface area contributed by atoms with Crippen LogP contribution < -0.4 is 0 Å². The van der Waals surface area contributed by atoms with Gasteiger partial charge < -0.3 is 4.90 Å². The van der Waals surface area contributed by atoms with Crippen molar-refractivity contribution in [2.45, 2.75) is 36.6 Å². The highest BCUT2D eigenvalue weighted by molar-refractivity contribution is 9.09. The highest BCUT2D eigenvalue weighted by atomic mass is 79.9. The summed E-state index contributed by atoms with van der Waals surface area (Å²) in [7, 11) is 2.21. The molecule has 2 atom stereocenters. The Kier molecular flexibility index (Phi) is 5.32. The predicted octanol–water partition coefficient (Wildman–Crippen LogP) is 5.00. The molecular weight excluding hydrogens is 334 g/mol. The Morgan fingerprint density at radius 1 is 1.00 bits per heavy atom. The molecule has 1 fully saturated rings. The van der Waals surface area contributed by atoms with Gasteiger partial charge in [-0.25, -0.2) is 0 Å². The molecule has 1 nitrogen and oxygen atoms in total. The molecule has 0 amide bonds. The zero-order valence-corrected chi connectivity index (χ0v) is 14.8. The smallest absolute Gasteiger partial charge is 0.0230 e. The summed E-state index contributed by atoms with van der Waals surface area (Å²) in [5, 5.41) is 0. The van der Waals surface area contributed by atoms with Gasteiger partial charge >= 0.3 is 0 Å². The standard InChI is InChI=1S/C20H24BrN/c1-22(15-17-6-3-2-4-7-17)13-5-8-16-9-11-18(12-10-16)19-14-20(19)21/h2-4,6-7,9-12,19-20H,5,8,13-15H2,1H3. The number of benzene rings is 2. The molecular formula is C20H24BrN. The van der Waals surface area contributed by atoms with E-state index in [0.29, 0.717) is 4.83 Å². The van der Waals surface area contributed by atoms with Crippen LogP contribution in [0.25, 0.3) is 0 Å². The van der Waals surface area contributed by atoms with E-state index in [0.717, 1.165) is 19.0 Å². The first-order valence-electron chi connectivity index (χ1n) is 8.18. The third-order valence-corrected chi connectivity index (χ3v) is 5.43. The zero-order valence-electron chi connectivity index (χ0n) is 13.2. The van der Waals surface area contributed by atoms with Crippen LogP contribution >= 0.6 is 15.9 Å². The van der Waals surface area contributed by atoms with Crippen LogP contribution in [0.5, 0.6) is 0 Å². The molecule has 2 aromatic carbocycles. The number of nitrogens with zero attached hydrogens (tertiary/aromatic N) is 1. The molecule has 1 aliphatic carbocycles. The Bertz CT molecular complexity index is 578. The van der Waals surface area contributed by atoms with Crippen molar-refractivity contribution in [2.75, 3.05) is 13.6 Å². The van der Waals surface area contributed by atoms with E-state index < -0.39 is 0 Å². The number of rotatable bonds is 7. The van der Waals surface area contributed by atoms with Gasteiger partial charge in [-0.05, 0) is 55.5 Å². The van der Waals surface area contributed by atoms with Gasteiger partial charge in [0.25, 0.3) is 0 Å². The van der Waals surface area contributed by atoms with Crippen molar-refractivity contribution in [3.63, 3.8) is 0 Å². The van der Waals surface area contributed by atoms with Gasteiger partial charge in [-0.3, -0.25) is 0 Å². The normalized spacial score (nSPS) is 20.3. The van der Waals surface area contributed by atoms with Crippen molar-refractivity contribution in [1.29, 1.82) is 0 Å². The maximum absolute atomic E-state index is 3.68. The Balaban J connectivity index is 1.41. The largest absolute Gasteiger partial charge is 0.302 e. The molecule has 0 radical (unpaired) electrons. The summed E-state index contributed by atoms with van der Waals surface area (Å²) in [6, 6.07) is 19.9. The topological polar surface area (TPSA) is 3.24 Å². The Hall–Kier alpha value is -1.12. The van der Waals surface area contributed by atoms with Crippen LogP contribution in [0.1, 0.15) is 35.4 Å². The molecule has 2 heteroatoms. The van der Waals surface area contributed by atoms with E-state index in [1.165, 1.54) is 36.0 Å². The lowest BCUT2D eigenvalue weighted by molar-refractivity contribution is 0.322. The second kappa shape index (κ2) is 7.43. The van der Waals surface area contributed by atoms with Gasteiger partial charge in [0.05, 0.1) is 0 Å². The van der Waals surface area contributed by atoms with Crippen molar-refractivity contribution in [1.82, 2.24) is 4.90 Å². The lowest BCUT2D eigenvalue weighted by Crippen LogP contribution is -2.19. The second-order valence-electron chi connectivity index (χ2n) is 6.43. The van der Waals surface area contributed by atoms with E-state index in [4.69, 9.17) is 0 Å². The lowest BCUT2D eigenvalue weighted by atomic mass is 10.0. The van der Waals surface area contributed by atoms with Crippen molar-refractivity contribution < 1.29 is 0 Å². The van der Waals surface area contributed by atoms with Crippen molar-refractivity contribution in [3.05, 3.63) is 71.3 Å². The van der Waals surface area contributed by atoms with Crippen LogP contribution in [-0.4, -0.2) is 23.3 Å². The van der Waals surface area contributed by atoms with Gasteiger partial charge in [0.2, 0.25) is 0 Å². The fourth-order valence-electron chi connectivity index (χ4n) is 2.97. The van der Waals surface area contributed by atoms with E-state index in [9.17, 15) is 0 Å². The minimum atomic E-state index is 0.713. The van der Waals surface area contributed by atoms with Gasteiger partial charge in [-0.2, -0.15) is 0 Å². The van der Waals surface area contributed by atoms with Crippen LogP contribution in [0.3, 0.4) is 0 Å². The van der Waals surface area contributed by atoms with E-state index in [2.05, 4.69) is 82.5 Å². The summed E-state index contributed by atoms with van der Waals surface area (Å²) in [6.07, 6.45) is 3.68. The van der Waals surface area contributed by atoms with Crippen molar-refractivity contribution in [3.8, 4) is 0 Å². The fourth-order valence-corrected chi connectivity index (χ4v) is 3.68. The maximum atomic E-state index is 3.68. The molecule has 116 valence electrons. The third kappa shape index (κ3) is 4.44. The molecule has 2 unspecified atom stereocenters. The first-order valence-corrected chi connectivity index (χ1v) is 9.09. The van der Waals surface area contributed by atoms with Gasteiger partial charge in [-0.1, -0.05) is 70.5 Å². The van der Waals surface area contributed by atoms with Crippen LogP contribution in [0.2, 0.25) is 0 Å². The molecule has 0 N–H and O–H groups in total. The number of hydrogen-bond donors (Lipinski definition) is 0. The van der Waals surface area contributed by atoms with Gasteiger partial charge in [0.1, 0.15) is 0 Å². The van der Waals surface area contributed by atoms with Crippen molar-refractivity contribution >= 4 is 15.9 Å². The SMILES string of the molecule is CN(CCCc1ccc(C2CC2Br)cc1)Cc1ccccc1. The Labute approximate surface area is 142 Å². The average molecular weight is 358 g/mol. The van der Waals surface area contributed by atoms with E-state index >= 15 is 0 Å². The zero-order chi connectivity index (χ0) is 15.4. The average Bonchev–Trinajstić information content (AvgIpc) is 3.26. The monoisotopic (exact) mass is 357 g/mol. The van der Waals surface area contributed by atoms with Crippen molar-refractivity contribution in [2.24, 2.45) is 0 Å². The second-order valence-corrected chi connectivity index (χ2v) is 7.60. The summed E-state index contributed by atoms with van der Waals surface area (Å²) in [5.41, 5.74) is 4.35. The summed E-state index contributed by atoms with van der Waals surface area (Å²) >= 11 is 3.68. The Morgan fingerprint density at radius 3 is 2.32 bits per heavy atom. The van der Waals surface area contributed by atoms with Crippen LogP contribution in [0.15, 0.2) is 54.6 Å².